The summed E-state index contributed by atoms with van der Waals surface area (Å²) in [5.74, 6) is -0.953. The lowest BCUT2D eigenvalue weighted by atomic mass is 9.94. The van der Waals surface area contributed by atoms with Gasteiger partial charge in [-0.15, -0.1) is 0 Å². The van der Waals surface area contributed by atoms with Gasteiger partial charge in [-0.1, -0.05) is 24.6 Å². The molecule has 2 aromatic carbocycles. The Balaban J connectivity index is 1.36. The predicted octanol–water partition coefficient (Wildman–Crippen LogP) is 4.02. The zero-order chi connectivity index (χ0) is 21.9. The Morgan fingerprint density at radius 3 is 2.47 bits per heavy atom. The van der Waals surface area contributed by atoms with E-state index < -0.39 is 11.8 Å². The maximum atomic E-state index is 12.5. The molecule has 2 aliphatic rings. The van der Waals surface area contributed by atoms with Gasteiger partial charge in [0.2, 0.25) is 0 Å². The van der Waals surface area contributed by atoms with E-state index in [-0.39, 0.29) is 5.71 Å². The van der Waals surface area contributed by atoms with Crippen molar-refractivity contribution in [2.45, 2.75) is 25.8 Å². The molecular formula is C25H24N4O3. The Bertz CT molecular complexity index is 1160. The van der Waals surface area contributed by atoms with Gasteiger partial charge < -0.3 is 4.42 Å². The molecule has 32 heavy (non-hydrogen) atoms. The van der Waals surface area contributed by atoms with E-state index in [2.05, 4.69) is 32.9 Å². The molecule has 7 nitrogen and oxygen atoms in total. The summed E-state index contributed by atoms with van der Waals surface area (Å²) in [6.45, 7) is 3.26. The second-order valence-electron chi connectivity index (χ2n) is 8.16. The number of hydrazone groups is 1. The van der Waals surface area contributed by atoms with Crippen LogP contribution in [0.2, 0.25) is 0 Å². The van der Waals surface area contributed by atoms with Crippen LogP contribution in [0.3, 0.4) is 0 Å². The standard InChI is InChI=1S/C25H24N4O3/c30-24-21-9-6-18(19-10-13-32-16-19)14-22(21)23(25(31)26-24)28-27-20-7-4-17(5-8-20)15-29-11-2-1-3-12-29/h4-10,13-14,16,27H,1-3,11-12,15H2,(H,26,30,31)/b28-23+. The fourth-order valence-corrected chi connectivity index (χ4v) is 4.19. The highest BCUT2D eigenvalue weighted by Crippen LogP contribution is 2.25. The van der Waals surface area contributed by atoms with Crippen LogP contribution in [-0.2, 0) is 11.3 Å². The highest BCUT2D eigenvalue weighted by atomic mass is 16.3. The van der Waals surface area contributed by atoms with Gasteiger partial charge in [0, 0.05) is 23.2 Å². The SMILES string of the molecule is O=C1NC(=O)c2ccc(-c3ccoc3)cc2/C1=N\Nc1ccc(CN2CCCCC2)cc1. The van der Waals surface area contributed by atoms with Gasteiger partial charge in [-0.25, -0.2) is 0 Å². The molecule has 1 aromatic heterocycles. The second kappa shape index (κ2) is 8.80. The third-order valence-electron chi connectivity index (χ3n) is 5.92. The molecule has 3 heterocycles. The number of anilines is 1. The van der Waals surface area contributed by atoms with Gasteiger partial charge in [-0.2, -0.15) is 5.10 Å². The van der Waals surface area contributed by atoms with Crippen LogP contribution in [0.4, 0.5) is 5.69 Å². The maximum absolute atomic E-state index is 12.5. The first-order chi connectivity index (χ1) is 15.7. The van der Waals surface area contributed by atoms with Crippen molar-refractivity contribution in [3.05, 3.63) is 77.7 Å². The average molecular weight is 428 g/mol. The smallest absolute Gasteiger partial charge is 0.279 e. The van der Waals surface area contributed by atoms with E-state index in [1.54, 1.807) is 24.7 Å². The largest absolute Gasteiger partial charge is 0.472 e. The van der Waals surface area contributed by atoms with E-state index in [1.165, 1.54) is 24.8 Å². The van der Waals surface area contributed by atoms with Gasteiger partial charge in [0.25, 0.3) is 11.8 Å². The van der Waals surface area contributed by atoms with Crippen molar-refractivity contribution in [3.8, 4) is 11.1 Å². The molecule has 2 amide bonds. The first kappa shape index (κ1) is 20.2. The van der Waals surface area contributed by atoms with Crippen molar-refractivity contribution >= 4 is 23.2 Å². The number of likely N-dealkylation sites (tertiary alicyclic amines) is 1. The van der Waals surface area contributed by atoms with Crippen LogP contribution in [0.25, 0.3) is 11.1 Å². The number of nitrogens with one attached hydrogen (secondary N) is 2. The normalized spacial score (nSPS) is 17.8. The molecule has 7 heteroatoms. The third kappa shape index (κ3) is 4.20. The monoisotopic (exact) mass is 428 g/mol. The summed E-state index contributed by atoms with van der Waals surface area (Å²) < 4.78 is 5.15. The van der Waals surface area contributed by atoms with E-state index >= 15 is 0 Å². The molecule has 0 spiro atoms. The number of hydrogen-bond donors (Lipinski definition) is 2. The Kier molecular flexibility index (Phi) is 5.56. The Hall–Kier alpha value is -3.71. The van der Waals surface area contributed by atoms with Crippen molar-refractivity contribution in [2.24, 2.45) is 5.10 Å². The van der Waals surface area contributed by atoms with Gasteiger partial charge in [-0.3, -0.25) is 25.2 Å². The molecule has 5 rings (SSSR count). The summed E-state index contributed by atoms with van der Waals surface area (Å²) in [7, 11) is 0. The molecule has 3 aromatic rings. The zero-order valence-corrected chi connectivity index (χ0v) is 17.6. The number of hydrogen-bond acceptors (Lipinski definition) is 6. The van der Waals surface area contributed by atoms with Crippen molar-refractivity contribution < 1.29 is 14.0 Å². The van der Waals surface area contributed by atoms with Crippen molar-refractivity contribution in [1.29, 1.82) is 0 Å². The van der Waals surface area contributed by atoms with E-state index in [0.717, 1.165) is 36.4 Å². The van der Waals surface area contributed by atoms with E-state index in [1.807, 2.05) is 24.3 Å². The van der Waals surface area contributed by atoms with Crippen LogP contribution in [0, 0.1) is 0 Å². The minimum absolute atomic E-state index is 0.169. The summed E-state index contributed by atoms with van der Waals surface area (Å²) in [6, 6.07) is 15.2. The molecule has 0 saturated carbocycles. The Morgan fingerprint density at radius 2 is 1.72 bits per heavy atom. The van der Waals surface area contributed by atoms with Crippen LogP contribution >= 0.6 is 0 Å². The third-order valence-corrected chi connectivity index (χ3v) is 5.92. The topological polar surface area (TPSA) is 86.9 Å². The Morgan fingerprint density at radius 1 is 0.906 bits per heavy atom. The number of benzene rings is 2. The number of rotatable bonds is 5. The molecule has 1 fully saturated rings. The van der Waals surface area contributed by atoms with Crippen LogP contribution in [0.5, 0.6) is 0 Å². The molecule has 0 bridgehead atoms. The average Bonchev–Trinajstić information content (AvgIpc) is 3.35. The molecule has 1 saturated heterocycles. The summed E-state index contributed by atoms with van der Waals surface area (Å²) in [6.07, 6.45) is 7.06. The number of nitrogens with zero attached hydrogens (tertiary/aromatic N) is 2. The van der Waals surface area contributed by atoms with Gasteiger partial charge >= 0.3 is 0 Å². The zero-order valence-electron chi connectivity index (χ0n) is 17.6. The Labute approximate surface area is 186 Å². The number of carbonyl (C=O) groups excluding carboxylic acids is 2. The molecule has 162 valence electrons. The summed E-state index contributed by atoms with van der Waals surface area (Å²) in [5, 5.41) is 6.70. The lowest BCUT2D eigenvalue weighted by Crippen LogP contribution is -2.42. The fraction of sp³-hybridized carbons (Fsp3) is 0.240. The number of furan rings is 1. The first-order valence-corrected chi connectivity index (χ1v) is 10.8. The minimum atomic E-state index is -0.527. The highest BCUT2D eigenvalue weighted by Gasteiger charge is 2.29. The number of imide groups is 1. The van der Waals surface area contributed by atoms with E-state index in [4.69, 9.17) is 4.42 Å². The molecule has 0 aliphatic carbocycles. The quantitative estimate of drug-likeness (QED) is 0.474. The summed E-state index contributed by atoms with van der Waals surface area (Å²) >= 11 is 0. The number of carbonyl (C=O) groups is 2. The van der Waals surface area contributed by atoms with Crippen LogP contribution in [0.1, 0.15) is 40.7 Å². The molecular weight excluding hydrogens is 404 g/mol. The minimum Gasteiger partial charge on any atom is -0.472 e. The predicted molar refractivity (Wildman–Crippen MR) is 122 cm³/mol. The second-order valence-corrected chi connectivity index (χ2v) is 8.16. The molecule has 0 atom stereocenters. The van der Waals surface area contributed by atoms with Gasteiger partial charge in [0.1, 0.15) is 0 Å². The molecule has 2 aliphatic heterocycles. The van der Waals surface area contributed by atoms with Gasteiger partial charge in [0.05, 0.1) is 18.2 Å². The fourth-order valence-electron chi connectivity index (χ4n) is 4.19. The van der Waals surface area contributed by atoms with E-state index in [0.29, 0.717) is 11.1 Å². The first-order valence-electron chi connectivity index (χ1n) is 10.8. The lowest BCUT2D eigenvalue weighted by molar-refractivity contribution is -0.114. The maximum Gasteiger partial charge on any atom is 0.279 e. The molecule has 0 unspecified atom stereocenters. The van der Waals surface area contributed by atoms with Gasteiger partial charge in [-0.05, 0) is 67.4 Å². The van der Waals surface area contributed by atoms with Crippen molar-refractivity contribution in [3.63, 3.8) is 0 Å². The van der Waals surface area contributed by atoms with Crippen molar-refractivity contribution in [2.75, 3.05) is 18.5 Å². The molecule has 0 radical (unpaired) electrons. The summed E-state index contributed by atoms with van der Waals surface area (Å²) in [5.41, 5.74) is 7.77. The van der Waals surface area contributed by atoms with Gasteiger partial charge in [0.15, 0.2) is 5.71 Å². The molecule has 2 N–H and O–H groups in total. The number of piperidine rings is 1. The van der Waals surface area contributed by atoms with Crippen LogP contribution in [0.15, 0.2) is 70.6 Å². The van der Waals surface area contributed by atoms with Crippen molar-refractivity contribution in [1.82, 2.24) is 10.2 Å². The highest BCUT2D eigenvalue weighted by molar-refractivity contribution is 6.51. The summed E-state index contributed by atoms with van der Waals surface area (Å²) in [4.78, 5) is 27.3. The lowest BCUT2D eigenvalue weighted by Gasteiger charge is -2.26. The van der Waals surface area contributed by atoms with Crippen LogP contribution in [-0.4, -0.2) is 35.5 Å². The number of amides is 2. The van der Waals surface area contributed by atoms with E-state index in [9.17, 15) is 9.59 Å². The van der Waals surface area contributed by atoms with Crippen LogP contribution < -0.4 is 10.7 Å². The number of fused-ring (bicyclic) bond motifs is 1.